The first-order valence-corrected chi connectivity index (χ1v) is 8.10. The van der Waals surface area contributed by atoms with Gasteiger partial charge in [0.25, 0.3) is 0 Å². The SMILES string of the molecule is CCC1=C(CC(N)=O)c2c(OC)cccc2/C1=C\c1ccccc1. The van der Waals surface area contributed by atoms with Gasteiger partial charge < -0.3 is 10.5 Å². The topological polar surface area (TPSA) is 52.3 Å². The molecule has 0 aromatic heterocycles. The van der Waals surface area contributed by atoms with Gasteiger partial charge in [0.1, 0.15) is 5.75 Å². The van der Waals surface area contributed by atoms with Crippen molar-refractivity contribution < 1.29 is 9.53 Å². The molecule has 0 bridgehead atoms. The van der Waals surface area contributed by atoms with E-state index < -0.39 is 0 Å². The third-order valence-corrected chi connectivity index (χ3v) is 4.34. The van der Waals surface area contributed by atoms with Crippen molar-refractivity contribution >= 4 is 23.1 Å². The fourth-order valence-electron chi connectivity index (χ4n) is 3.37. The first-order chi connectivity index (χ1) is 11.7. The lowest BCUT2D eigenvalue weighted by Gasteiger charge is -2.10. The maximum Gasteiger partial charge on any atom is 0.221 e. The molecule has 2 aromatic carbocycles. The van der Waals surface area contributed by atoms with E-state index in [0.717, 1.165) is 45.6 Å². The number of primary amides is 1. The first kappa shape index (κ1) is 16.1. The van der Waals surface area contributed by atoms with E-state index in [4.69, 9.17) is 10.5 Å². The summed E-state index contributed by atoms with van der Waals surface area (Å²) in [4.78, 5) is 11.6. The van der Waals surface area contributed by atoms with Gasteiger partial charge in [-0.1, -0.05) is 49.4 Å². The number of methoxy groups -OCH3 is 1. The quantitative estimate of drug-likeness (QED) is 0.894. The van der Waals surface area contributed by atoms with E-state index in [1.807, 2.05) is 30.3 Å². The summed E-state index contributed by atoms with van der Waals surface area (Å²) in [5, 5.41) is 0. The van der Waals surface area contributed by atoms with Crippen molar-refractivity contribution in [3.8, 4) is 5.75 Å². The van der Waals surface area contributed by atoms with Crippen molar-refractivity contribution in [2.24, 2.45) is 5.73 Å². The summed E-state index contributed by atoms with van der Waals surface area (Å²) in [5.74, 6) is 0.458. The van der Waals surface area contributed by atoms with E-state index in [1.165, 1.54) is 0 Å². The summed E-state index contributed by atoms with van der Waals surface area (Å²) in [7, 11) is 1.65. The average Bonchev–Trinajstić information content (AvgIpc) is 2.88. The van der Waals surface area contributed by atoms with Crippen LogP contribution in [-0.4, -0.2) is 13.0 Å². The molecule has 1 aliphatic carbocycles. The van der Waals surface area contributed by atoms with Crippen molar-refractivity contribution in [2.45, 2.75) is 19.8 Å². The molecule has 0 unspecified atom stereocenters. The van der Waals surface area contributed by atoms with Gasteiger partial charge in [0.2, 0.25) is 5.91 Å². The van der Waals surface area contributed by atoms with Gasteiger partial charge in [-0.3, -0.25) is 4.79 Å². The van der Waals surface area contributed by atoms with Gasteiger partial charge in [-0.25, -0.2) is 0 Å². The lowest BCUT2D eigenvalue weighted by molar-refractivity contribution is -0.117. The Morgan fingerprint density at radius 2 is 1.83 bits per heavy atom. The normalized spacial score (nSPS) is 14.8. The number of hydrogen-bond acceptors (Lipinski definition) is 2. The van der Waals surface area contributed by atoms with Crippen molar-refractivity contribution in [1.82, 2.24) is 0 Å². The molecule has 0 heterocycles. The van der Waals surface area contributed by atoms with Crippen LogP contribution in [0.15, 0.2) is 54.1 Å². The molecule has 1 amide bonds. The van der Waals surface area contributed by atoms with Crippen molar-refractivity contribution in [1.29, 1.82) is 0 Å². The summed E-state index contributed by atoms with van der Waals surface area (Å²) in [6.07, 6.45) is 3.23. The molecule has 0 aliphatic heterocycles. The molecule has 2 N–H and O–H groups in total. The Hall–Kier alpha value is -2.81. The van der Waals surface area contributed by atoms with Gasteiger partial charge in [-0.15, -0.1) is 0 Å². The highest BCUT2D eigenvalue weighted by Gasteiger charge is 2.28. The van der Waals surface area contributed by atoms with Crippen LogP contribution in [0, 0.1) is 0 Å². The number of carbonyl (C=O) groups is 1. The Morgan fingerprint density at radius 1 is 1.08 bits per heavy atom. The third-order valence-electron chi connectivity index (χ3n) is 4.34. The monoisotopic (exact) mass is 319 g/mol. The van der Waals surface area contributed by atoms with Crippen LogP contribution in [0.1, 0.15) is 36.5 Å². The zero-order valence-corrected chi connectivity index (χ0v) is 14.0. The lowest BCUT2D eigenvalue weighted by Crippen LogP contribution is -2.11. The van der Waals surface area contributed by atoms with Crippen LogP contribution in [0.4, 0.5) is 0 Å². The molecular formula is C21H21NO2. The van der Waals surface area contributed by atoms with Gasteiger partial charge in [0.05, 0.1) is 13.5 Å². The fourth-order valence-corrected chi connectivity index (χ4v) is 3.37. The Labute approximate surface area is 142 Å². The van der Waals surface area contributed by atoms with Gasteiger partial charge >= 0.3 is 0 Å². The van der Waals surface area contributed by atoms with E-state index in [-0.39, 0.29) is 12.3 Å². The van der Waals surface area contributed by atoms with Crippen molar-refractivity contribution in [3.05, 3.63) is 70.8 Å². The molecular weight excluding hydrogens is 298 g/mol. The number of fused-ring (bicyclic) bond motifs is 1. The average molecular weight is 319 g/mol. The Morgan fingerprint density at radius 3 is 2.46 bits per heavy atom. The minimum absolute atomic E-state index is 0.225. The Balaban J connectivity index is 2.25. The standard InChI is InChI=1S/C21H21NO2/c1-3-15-17(12-14-8-5-4-6-9-14)16-10-7-11-19(24-2)21(16)18(15)13-20(22)23/h4-12H,3,13H2,1-2H3,(H2,22,23)/b17-12-. The minimum atomic E-state index is -0.325. The number of ether oxygens (including phenoxy) is 1. The molecule has 122 valence electrons. The van der Waals surface area contributed by atoms with Gasteiger partial charge in [0, 0.05) is 5.56 Å². The van der Waals surface area contributed by atoms with Crippen LogP contribution in [0.2, 0.25) is 0 Å². The van der Waals surface area contributed by atoms with Gasteiger partial charge in [-0.2, -0.15) is 0 Å². The second kappa shape index (κ2) is 6.75. The van der Waals surface area contributed by atoms with E-state index >= 15 is 0 Å². The summed E-state index contributed by atoms with van der Waals surface area (Å²) < 4.78 is 5.55. The summed E-state index contributed by atoms with van der Waals surface area (Å²) in [5.41, 5.74) is 12.0. The van der Waals surface area contributed by atoms with Crippen LogP contribution in [-0.2, 0) is 4.79 Å². The molecule has 1 aliphatic rings. The summed E-state index contributed by atoms with van der Waals surface area (Å²) in [6.45, 7) is 2.10. The molecule has 3 heteroatoms. The third kappa shape index (κ3) is 2.85. The van der Waals surface area contributed by atoms with E-state index in [9.17, 15) is 4.79 Å². The maximum atomic E-state index is 11.6. The molecule has 0 atom stereocenters. The molecule has 3 rings (SSSR count). The highest BCUT2D eigenvalue weighted by atomic mass is 16.5. The second-order valence-corrected chi connectivity index (χ2v) is 5.81. The summed E-state index contributed by atoms with van der Waals surface area (Å²) in [6, 6.07) is 16.2. The van der Waals surface area contributed by atoms with E-state index in [2.05, 4.69) is 31.2 Å². The largest absolute Gasteiger partial charge is 0.496 e. The smallest absolute Gasteiger partial charge is 0.221 e. The van der Waals surface area contributed by atoms with Crippen LogP contribution >= 0.6 is 0 Å². The van der Waals surface area contributed by atoms with E-state index in [0.29, 0.717) is 0 Å². The van der Waals surface area contributed by atoms with Crippen LogP contribution in [0.3, 0.4) is 0 Å². The molecule has 0 radical (unpaired) electrons. The minimum Gasteiger partial charge on any atom is -0.496 e. The molecule has 0 saturated heterocycles. The lowest BCUT2D eigenvalue weighted by atomic mass is 9.98. The Kier molecular flexibility index (Phi) is 4.52. The molecule has 3 nitrogen and oxygen atoms in total. The molecule has 24 heavy (non-hydrogen) atoms. The Bertz CT molecular complexity index is 832. The van der Waals surface area contributed by atoms with Crippen molar-refractivity contribution in [3.63, 3.8) is 0 Å². The molecule has 0 saturated carbocycles. The van der Waals surface area contributed by atoms with Crippen molar-refractivity contribution in [2.75, 3.05) is 7.11 Å². The maximum absolute atomic E-state index is 11.6. The zero-order valence-electron chi connectivity index (χ0n) is 14.0. The number of allylic oxidation sites excluding steroid dienone is 2. The zero-order chi connectivity index (χ0) is 17.1. The van der Waals surface area contributed by atoms with E-state index in [1.54, 1.807) is 7.11 Å². The number of amides is 1. The second-order valence-electron chi connectivity index (χ2n) is 5.81. The number of hydrogen-bond donors (Lipinski definition) is 1. The predicted octanol–water partition coefficient (Wildman–Crippen LogP) is 4.29. The van der Waals surface area contributed by atoms with Crippen LogP contribution < -0.4 is 10.5 Å². The molecule has 0 spiro atoms. The number of benzene rings is 2. The van der Waals surface area contributed by atoms with Crippen LogP contribution in [0.5, 0.6) is 5.75 Å². The summed E-state index contributed by atoms with van der Waals surface area (Å²) >= 11 is 0. The predicted molar refractivity (Wildman–Crippen MR) is 98.3 cm³/mol. The van der Waals surface area contributed by atoms with Crippen LogP contribution in [0.25, 0.3) is 17.2 Å². The fraction of sp³-hybridized carbons (Fsp3) is 0.190. The molecule has 2 aromatic rings. The highest BCUT2D eigenvalue weighted by Crippen LogP contribution is 2.48. The number of nitrogens with two attached hydrogens (primary N) is 1. The first-order valence-electron chi connectivity index (χ1n) is 8.10. The highest BCUT2D eigenvalue weighted by molar-refractivity contribution is 6.09. The molecule has 0 fully saturated rings. The van der Waals surface area contributed by atoms with Gasteiger partial charge in [0.15, 0.2) is 0 Å². The number of rotatable bonds is 5. The van der Waals surface area contributed by atoms with Gasteiger partial charge in [-0.05, 0) is 46.4 Å². The number of carbonyl (C=O) groups excluding carboxylic acids is 1.